The van der Waals surface area contributed by atoms with E-state index in [1.54, 1.807) is 0 Å². The third-order valence-corrected chi connectivity index (χ3v) is 10.4. The fraction of sp³-hybridized carbons (Fsp3) is 0.0612. The van der Waals surface area contributed by atoms with Crippen molar-refractivity contribution in [2.75, 3.05) is 0 Å². The van der Waals surface area contributed by atoms with Crippen molar-refractivity contribution in [2.24, 2.45) is 5.73 Å². The molecule has 0 heterocycles. The second kappa shape index (κ2) is 13.9. The first-order valence-electron chi connectivity index (χ1n) is 18.0. The molecule has 52 heavy (non-hydrogen) atoms. The molecule has 0 amide bonds. The van der Waals surface area contributed by atoms with E-state index >= 15 is 0 Å². The second-order valence-electron chi connectivity index (χ2n) is 13.5. The fourth-order valence-electron chi connectivity index (χ4n) is 7.79. The minimum atomic E-state index is -0.364. The molecule has 2 atom stereocenters. The quantitative estimate of drug-likeness (QED) is 0.0814. The zero-order valence-corrected chi connectivity index (χ0v) is 28.8. The molecular weight excluding hydrogens is 631 g/mol. The van der Waals surface area contributed by atoms with Gasteiger partial charge in [-0.15, -0.1) is 0 Å². The van der Waals surface area contributed by atoms with Gasteiger partial charge in [0.25, 0.3) is 0 Å². The molecule has 9 aromatic carbocycles. The van der Waals surface area contributed by atoms with E-state index < -0.39 is 0 Å². The molecule has 2 unspecified atom stereocenters. The van der Waals surface area contributed by atoms with Crippen LogP contribution >= 0.6 is 0 Å². The zero-order chi connectivity index (χ0) is 34.9. The third kappa shape index (κ3) is 6.01. The maximum Gasteiger partial charge on any atom is 0.0858 e. The van der Waals surface area contributed by atoms with Gasteiger partial charge in [0.2, 0.25) is 0 Å². The lowest BCUT2D eigenvalue weighted by molar-refractivity contribution is 0.386. The van der Waals surface area contributed by atoms with Crippen molar-refractivity contribution in [3.63, 3.8) is 0 Å². The van der Waals surface area contributed by atoms with E-state index in [0.717, 1.165) is 11.1 Å². The summed E-state index contributed by atoms with van der Waals surface area (Å²) in [6, 6.07) is 67.3. The van der Waals surface area contributed by atoms with Gasteiger partial charge in [-0.05, 0) is 88.1 Å². The van der Waals surface area contributed by atoms with Gasteiger partial charge in [-0.25, -0.2) is 0 Å². The van der Waals surface area contributed by atoms with Crippen LogP contribution in [0.2, 0.25) is 0 Å². The van der Waals surface area contributed by atoms with Crippen molar-refractivity contribution >= 4 is 43.1 Å². The molecule has 0 aliphatic rings. The summed E-state index contributed by atoms with van der Waals surface area (Å²) in [6.45, 7) is 0.657. The second-order valence-corrected chi connectivity index (χ2v) is 13.5. The van der Waals surface area contributed by atoms with Crippen LogP contribution in [0.25, 0.3) is 65.3 Å². The SMILES string of the molecule is NC(NC(NCc1ccc(-c2c3ccccc3cc3c2ccc2ccccc23)cc1)c1ccccc1-c1cccc2ccccc12)c1ccccc1. The Bertz CT molecular complexity index is 2680. The highest BCUT2D eigenvalue weighted by Gasteiger charge is 2.20. The van der Waals surface area contributed by atoms with Gasteiger partial charge in [0, 0.05) is 6.54 Å². The van der Waals surface area contributed by atoms with Crippen LogP contribution in [0.4, 0.5) is 0 Å². The molecular formula is C49H39N3. The van der Waals surface area contributed by atoms with Gasteiger partial charge in [-0.1, -0.05) is 182 Å². The van der Waals surface area contributed by atoms with Crippen molar-refractivity contribution in [1.82, 2.24) is 10.6 Å². The summed E-state index contributed by atoms with van der Waals surface area (Å²) in [5.41, 5.74) is 15.1. The minimum absolute atomic E-state index is 0.222. The Morgan fingerprint density at radius 2 is 1.06 bits per heavy atom. The van der Waals surface area contributed by atoms with Crippen LogP contribution in [0.5, 0.6) is 0 Å². The predicted octanol–water partition coefficient (Wildman–Crippen LogP) is 11.7. The molecule has 0 bridgehead atoms. The zero-order valence-electron chi connectivity index (χ0n) is 28.8. The summed E-state index contributed by atoms with van der Waals surface area (Å²) < 4.78 is 0. The number of hydrogen-bond donors (Lipinski definition) is 3. The topological polar surface area (TPSA) is 50.1 Å². The van der Waals surface area contributed by atoms with Crippen LogP contribution in [0.1, 0.15) is 29.0 Å². The molecule has 4 N–H and O–H groups in total. The maximum absolute atomic E-state index is 6.84. The Morgan fingerprint density at radius 3 is 1.87 bits per heavy atom. The summed E-state index contributed by atoms with van der Waals surface area (Å²) in [5, 5.41) is 17.7. The van der Waals surface area contributed by atoms with Gasteiger partial charge in [0.1, 0.15) is 0 Å². The molecule has 250 valence electrons. The molecule has 0 aliphatic heterocycles. The van der Waals surface area contributed by atoms with E-state index in [4.69, 9.17) is 5.73 Å². The minimum Gasteiger partial charge on any atom is -0.312 e. The molecule has 3 heteroatoms. The van der Waals surface area contributed by atoms with Crippen LogP contribution < -0.4 is 16.4 Å². The van der Waals surface area contributed by atoms with E-state index in [2.05, 4.69) is 180 Å². The highest BCUT2D eigenvalue weighted by Crippen LogP contribution is 2.39. The van der Waals surface area contributed by atoms with Crippen LogP contribution in [-0.4, -0.2) is 0 Å². The van der Waals surface area contributed by atoms with Gasteiger partial charge >= 0.3 is 0 Å². The molecule has 9 aromatic rings. The number of fused-ring (bicyclic) bond motifs is 5. The van der Waals surface area contributed by atoms with Crippen molar-refractivity contribution in [3.05, 3.63) is 205 Å². The van der Waals surface area contributed by atoms with Gasteiger partial charge in [-0.3, -0.25) is 10.6 Å². The first-order valence-corrected chi connectivity index (χ1v) is 18.0. The van der Waals surface area contributed by atoms with Gasteiger partial charge < -0.3 is 5.73 Å². The molecule has 0 saturated carbocycles. The van der Waals surface area contributed by atoms with Crippen LogP contribution in [0.3, 0.4) is 0 Å². The number of benzene rings is 9. The van der Waals surface area contributed by atoms with Crippen molar-refractivity contribution < 1.29 is 0 Å². The predicted molar refractivity (Wildman–Crippen MR) is 220 cm³/mol. The van der Waals surface area contributed by atoms with Gasteiger partial charge in [0.05, 0.1) is 12.3 Å². The summed E-state index contributed by atoms with van der Waals surface area (Å²) in [4.78, 5) is 0. The molecule has 0 aliphatic carbocycles. The lowest BCUT2D eigenvalue weighted by atomic mass is 9.89. The Morgan fingerprint density at radius 1 is 0.442 bits per heavy atom. The van der Waals surface area contributed by atoms with Crippen molar-refractivity contribution in [1.29, 1.82) is 0 Å². The molecule has 0 fully saturated rings. The monoisotopic (exact) mass is 669 g/mol. The largest absolute Gasteiger partial charge is 0.312 e. The smallest absolute Gasteiger partial charge is 0.0858 e. The summed E-state index contributed by atoms with van der Waals surface area (Å²) in [7, 11) is 0. The summed E-state index contributed by atoms with van der Waals surface area (Å²) in [6.07, 6.45) is -0.585. The Kier molecular flexibility index (Phi) is 8.51. The Hall–Kier alpha value is -6.10. The molecule has 0 aromatic heterocycles. The summed E-state index contributed by atoms with van der Waals surface area (Å²) >= 11 is 0. The van der Waals surface area contributed by atoms with E-state index in [1.165, 1.54) is 70.9 Å². The van der Waals surface area contributed by atoms with Crippen LogP contribution in [-0.2, 0) is 6.54 Å². The highest BCUT2D eigenvalue weighted by atomic mass is 15.2. The van der Waals surface area contributed by atoms with Crippen molar-refractivity contribution in [2.45, 2.75) is 18.9 Å². The standard InChI is InChI=1S/C49H39N3/c50-48(37-15-2-1-3-16-37)52-49(45-23-11-10-22-43(45)42-24-12-18-34-13-4-7-19-39(34)42)51-32-33-25-27-36(28-26-33)47-41-21-9-6-17-38(41)31-46-40-20-8-5-14-35(40)29-30-44(46)47/h1-31,48-49,51-52H,32,50H2. The molecule has 0 spiro atoms. The first-order chi connectivity index (χ1) is 25.7. The first kappa shape index (κ1) is 31.9. The van der Waals surface area contributed by atoms with Crippen molar-refractivity contribution in [3.8, 4) is 22.3 Å². The molecule has 3 nitrogen and oxygen atoms in total. The normalized spacial score (nSPS) is 12.8. The fourth-order valence-corrected chi connectivity index (χ4v) is 7.79. The molecule has 9 rings (SSSR count). The lowest BCUT2D eigenvalue weighted by Gasteiger charge is -2.27. The lowest BCUT2D eigenvalue weighted by Crippen LogP contribution is -2.40. The van der Waals surface area contributed by atoms with E-state index in [-0.39, 0.29) is 12.3 Å². The average molecular weight is 670 g/mol. The molecule has 0 saturated heterocycles. The number of nitrogens with one attached hydrogen (secondary N) is 2. The van der Waals surface area contributed by atoms with E-state index in [0.29, 0.717) is 6.54 Å². The number of hydrogen-bond acceptors (Lipinski definition) is 3. The molecule has 0 radical (unpaired) electrons. The highest BCUT2D eigenvalue weighted by molar-refractivity contribution is 6.20. The maximum atomic E-state index is 6.84. The number of rotatable bonds is 9. The third-order valence-electron chi connectivity index (χ3n) is 10.4. The van der Waals surface area contributed by atoms with E-state index in [9.17, 15) is 0 Å². The Labute approximate surface area is 304 Å². The van der Waals surface area contributed by atoms with E-state index in [1.807, 2.05) is 18.2 Å². The van der Waals surface area contributed by atoms with Gasteiger partial charge in [-0.2, -0.15) is 0 Å². The van der Waals surface area contributed by atoms with Crippen LogP contribution in [0.15, 0.2) is 188 Å². The summed E-state index contributed by atoms with van der Waals surface area (Å²) in [5.74, 6) is 0. The Balaban J connectivity index is 1.07. The van der Waals surface area contributed by atoms with Gasteiger partial charge in [0.15, 0.2) is 0 Å². The average Bonchev–Trinajstić information content (AvgIpc) is 3.21. The number of nitrogens with two attached hydrogens (primary N) is 1. The van der Waals surface area contributed by atoms with Crippen LogP contribution in [0, 0.1) is 0 Å².